The molecule has 3 rings (SSSR count). The van der Waals surface area contributed by atoms with E-state index in [4.69, 9.17) is 0 Å². The Balaban J connectivity index is 1.61. The topological polar surface area (TPSA) is 76.3 Å². The van der Waals surface area contributed by atoms with Crippen LogP contribution in [-0.2, 0) is 18.4 Å². The lowest BCUT2D eigenvalue weighted by molar-refractivity contribution is -0.121. The van der Waals surface area contributed by atoms with Crippen molar-refractivity contribution >= 4 is 16.9 Å². The number of hydrogen-bond acceptors (Lipinski definition) is 4. The van der Waals surface area contributed by atoms with E-state index in [1.807, 2.05) is 0 Å². The molecule has 1 N–H and O–H groups in total. The van der Waals surface area contributed by atoms with Crippen molar-refractivity contribution in [2.45, 2.75) is 45.2 Å². The SMILES string of the molecule is C[C@H]1CCCCN1CCCNC(=O)Cn1c(=O)c(=O)n(C)c2ccccc21. The van der Waals surface area contributed by atoms with Crippen LogP contribution in [0.1, 0.15) is 32.6 Å². The molecule has 1 atom stereocenters. The second-order valence-electron chi connectivity index (χ2n) is 7.33. The van der Waals surface area contributed by atoms with Crippen LogP contribution in [0.2, 0.25) is 0 Å². The van der Waals surface area contributed by atoms with Crippen molar-refractivity contribution < 1.29 is 4.79 Å². The zero-order valence-electron chi connectivity index (χ0n) is 16.1. The molecule has 7 nitrogen and oxygen atoms in total. The van der Waals surface area contributed by atoms with E-state index in [1.165, 1.54) is 28.4 Å². The smallest absolute Gasteiger partial charge is 0.317 e. The number of aromatic nitrogens is 2. The first kappa shape index (κ1) is 19.4. The third-order valence-electron chi connectivity index (χ3n) is 5.45. The summed E-state index contributed by atoms with van der Waals surface area (Å²) in [7, 11) is 1.57. The lowest BCUT2D eigenvalue weighted by Gasteiger charge is -2.33. The van der Waals surface area contributed by atoms with Gasteiger partial charge in [0.1, 0.15) is 6.54 Å². The molecule has 1 aliphatic rings. The molecule has 0 spiro atoms. The van der Waals surface area contributed by atoms with E-state index in [2.05, 4.69) is 17.1 Å². The summed E-state index contributed by atoms with van der Waals surface area (Å²) in [6, 6.07) is 7.73. The number of carbonyl (C=O) groups excluding carboxylic acids is 1. The number of amides is 1. The van der Waals surface area contributed by atoms with E-state index in [0.29, 0.717) is 23.6 Å². The molecule has 2 heterocycles. The van der Waals surface area contributed by atoms with Crippen molar-refractivity contribution in [1.29, 1.82) is 0 Å². The number of fused-ring (bicyclic) bond motifs is 1. The molecular weight excluding hydrogens is 344 g/mol. The Morgan fingerprint density at radius 3 is 2.63 bits per heavy atom. The number of para-hydroxylation sites is 2. The maximum Gasteiger partial charge on any atom is 0.317 e. The highest BCUT2D eigenvalue weighted by atomic mass is 16.2. The van der Waals surface area contributed by atoms with Crippen LogP contribution in [0.15, 0.2) is 33.9 Å². The van der Waals surface area contributed by atoms with Gasteiger partial charge in [-0.25, -0.2) is 0 Å². The van der Waals surface area contributed by atoms with Crippen LogP contribution in [0.5, 0.6) is 0 Å². The van der Waals surface area contributed by atoms with Gasteiger partial charge < -0.3 is 14.8 Å². The number of nitrogens with zero attached hydrogens (tertiary/aromatic N) is 3. The van der Waals surface area contributed by atoms with Crippen molar-refractivity contribution in [3.05, 3.63) is 45.0 Å². The predicted octanol–water partition coefficient (Wildman–Crippen LogP) is 1.08. The number of hydrogen-bond donors (Lipinski definition) is 1. The fourth-order valence-corrected chi connectivity index (χ4v) is 3.81. The first-order chi connectivity index (χ1) is 13.0. The summed E-state index contributed by atoms with van der Waals surface area (Å²) < 4.78 is 2.59. The van der Waals surface area contributed by atoms with Crippen molar-refractivity contribution in [2.24, 2.45) is 7.05 Å². The van der Waals surface area contributed by atoms with Crippen LogP contribution >= 0.6 is 0 Å². The summed E-state index contributed by atoms with van der Waals surface area (Å²) in [6.45, 7) is 4.78. The van der Waals surface area contributed by atoms with Crippen LogP contribution < -0.4 is 16.4 Å². The highest BCUT2D eigenvalue weighted by Crippen LogP contribution is 2.16. The van der Waals surface area contributed by atoms with Crippen molar-refractivity contribution in [2.75, 3.05) is 19.6 Å². The van der Waals surface area contributed by atoms with Gasteiger partial charge in [-0.2, -0.15) is 0 Å². The second kappa shape index (κ2) is 8.52. The maximum atomic E-state index is 12.4. The molecule has 27 heavy (non-hydrogen) atoms. The summed E-state index contributed by atoms with van der Waals surface area (Å²) in [6.07, 6.45) is 4.66. The van der Waals surface area contributed by atoms with Gasteiger partial charge in [0.05, 0.1) is 11.0 Å². The minimum atomic E-state index is -0.673. The van der Waals surface area contributed by atoms with Crippen LogP contribution in [0.4, 0.5) is 0 Å². The van der Waals surface area contributed by atoms with Crippen LogP contribution in [0.25, 0.3) is 11.0 Å². The van der Waals surface area contributed by atoms with Gasteiger partial charge in [-0.15, -0.1) is 0 Å². The fraction of sp³-hybridized carbons (Fsp3) is 0.550. The lowest BCUT2D eigenvalue weighted by Crippen LogP contribution is -2.43. The minimum Gasteiger partial charge on any atom is -0.355 e. The zero-order chi connectivity index (χ0) is 19.4. The summed E-state index contributed by atoms with van der Waals surface area (Å²) in [5.41, 5.74) is -0.0787. The summed E-state index contributed by atoms with van der Waals surface area (Å²) in [5, 5.41) is 2.88. The number of likely N-dealkylation sites (tertiary alicyclic amines) is 1. The van der Waals surface area contributed by atoms with E-state index < -0.39 is 11.1 Å². The van der Waals surface area contributed by atoms with Gasteiger partial charge in [0.25, 0.3) is 0 Å². The summed E-state index contributed by atoms with van der Waals surface area (Å²) >= 11 is 0. The van der Waals surface area contributed by atoms with E-state index in [9.17, 15) is 14.4 Å². The lowest BCUT2D eigenvalue weighted by atomic mass is 10.0. The quantitative estimate of drug-likeness (QED) is 0.608. The normalized spacial score (nSPS) is 17.9. The number of nitrogens with one attached hydrogen (secondary N) is 1. The van der Waals surface area contributed by atoms with Crippen molar-refractivity contribution in [1.82, 2.24) is 19.4 Å². The molecule has 1 fully saturated rings. The van der Waals surface area contributed by atoms with Crippen LogP contribution in [0.3, 0.4) is 0 Å². The van der Waals surface area contributed by atoms with E-state index in [-0.39, 0.29) is 12.5 Å². The minimum absolute atomic E-state index is 0.143. The highest BCUT2D eigenvalue weighted by Gasteiger charge is 2.17. The number of aryl methyl sites for hydroxylation is 1. The molecular formula is C20H28N4O3. The largest absolute Gasteiger partial charge is 0.355 e. The molecule has 0 radical (unpaired) electrons. The molecule has 1 aromatic heterocycles. The Kier molecular flexibility index (Phi) is 6.11. The Morgan fingerprint density at radius 1 is 1.15 bits per heavy atom. The van der Waals surface area contributed by atoms with Gasteiger partial charge in [-0.3, -0.25) is 19.0 Å². The van der Waals surface area contributed by atoms with E-state index in [1.54, 1.807) is 31.3 Å². The molecule has 1 saturated heterocycles. The van der Waals surface area contributed by atoms with Crippen LogP contribution in [-0.4, -0.2) is 45.6 Å². The first-order valence-corrected chi connectivity index (χ1v) is 9.68. The summed E-state index contributed by atoms with van der Waals surface area (Å²) in [5.74, 6) is -0.248. The van der Waals surface area contributed by atoms with Crippen molar-refractivity contribution in [3.8, 4) is 0 Å². The first-order valence-electron chi connectivity index (χ1n) is 9.68. The molecule has 0 bridgehead atoms. The van der Waals surface area contributed by atoms with Crippen LogP contribution in [0, 0.1) is 0 Å². The molecule has 1 aromatic carbocycles. The van der Waals surface area contributed by atoms with Gasteiger partial charge in [0.2, 0.25) is 5.91 Å². The Labute approximate surface area is 158 Å². The average Bonchev–Trinajstić information content (AvgIpc) is 2.68. The Bertz CT molecular complexity index is 931. The summed E-state index contributed by atoms with van der Waals surface area (Å²) in [4.78, 5) is 39.3. The molecule has 1 amide bonds. The Hall–Kier alpha value is -2.41. The molecule has 0 saturated carbocycles. The molecule has 7 heteroatoms. The standard InChI is InChI=1S/C20H28N4O3/c1-15-8-5-6-12-23(15)13-7-11-21-18(25)14-24-17-10-4-3-9-16(17)22(2)19(26)20(24)27/h3-4,9-10,15H,5-8,11-14H2,1-2H3,(H,21,25)/t15-/m0/s1. The fourth-order valence-electron chi connectivity index (χ4n) is 3.81. The van der Waals surface area contributed by atoms with E-state index >= 15 is 0 Å². The third-order valence-corrected chi connectivity index (χ3v) is 5.45. The highest BCUT2D eigenvalue weighted by molar-refractivity contribution is 5.80. The van der Waals surface area contributed by atoms with Gasteiger partial charge in [-0.05, 0) is 44.9 Å². The van der Waals surface area contributed by atoms with Gasteiger partial charge >= 0.3 is 11.1 Å². The molecule has 0 aliphatic carbocycles. The number of benzene rings is 1. The average molecular weight is 372 g/mol. The van der Waals surface area contributed by atoms with Crippen molar-refractivity contribution in [3.63, 3.8) is 0 Å². The van der Waals surface area contributed by atoms with Gasteiger partial charge in [0.15, 0.2) is 0 Å². The number of rotatable bonds is 6. The van der Waals surface area contributed by atoms with Gasteiger partial charge in [0, 0.05) is 26.2 Å². The van der Waals surface area contributed by atoms with E-state index in [0.717, 1.165) is 19.5 Å². The molecule has 146 valence electrons. The zero-order valence-corrected chi connectivity index (χ0v) is 16.1. The van der Waals surface area contributed by atoms with Gasteiger partial charge in [-0.1, -0.05) is 18.6 Å². The molecule has 2 aromatic rings. The molecule has 0 unspecified atom stereocenters. The monoisotopic (exact) mass is 372 g/mol. The number of piperidine rings is 1. The maximum absolute atomic E-state index is 12.4. The third kappa shape index (κ3) is 4.30. The number of carbonyl (C=O) groups is 1. The molecule has 1 aliphatic heterocycles. The Morgan fingerprint density at radius 2 is 1.89 bits per heavy atom. The predicted molar refractivity (Wildman–Crippen MR) is 106 cm³/mol. The second-order valence-corrected chi connectivity index (χ2v) is 7.33.